The van der Waals surface area contributed by atoms with Crippen molar-refractivity contribution in [1.29, 1.82) is 0 Å². The average molecular weight is 492 g/mol. The minimum Gasteiger partial charge on any atom is -0.495 e. The maximum atomic E-state index is 13.5. The monoisotopic (exact) mass is 490 g/mol. The molecule has 8 heteroatoms. The van der Waals surface area contributed by atoms with Crippen LogP contribution in [0.25, 0.3) is 16.6 Å². The average Bonchev–Trinajstić information content (AvgIpc) is 2.75. The number of hydrogen-bond donors (Lipinski definition) is 0. The van der Waals surface area contributed by atoms with Gasteiger partial charge in [0, 0.05) is 26.9 Å². The van der Waals surface area contributed by atoms with Gasteiger partial charge in [0.1, 0.15) is 5.75 Å². The highest BCUT2D eigenvalue weighted by Crippen LogP contribution is 2.35. The molecule has 158 valence electrons. The SMILES string of the molecule is COc1cc(Cl)c(C)cc1-n1c(SCc2c(Cl)cccc2Cl)nc2ccccc2c1=O. The standard InChI is InChI=1S/C23H17Cl3N2O2S/c1-13-10-20(21(30-2)11-18(13)26)28-22(29)14-6-3-4-9-19(14)27-23(28)31-12-15-16(24)7-5-8-17(15)25/h3-11H,12H2,1-2H3. The van der Waals surface area contributed by atoms with Crippen LogP contribution < -0.4 is 10.3 Å². The molecule has 4 nitrogen and oxygen atoms in total. The van der Waals surface area contributed by atoms with Crippen LogP contribution >= 0.6 is 46.6 Å². The van der Waals surface area contributed by atoms with Crippen molar-refractivity contribution >= 4 is 57.5 Å². The third-order valence-corrected chi connectivity index (χ3v) is 6.93. The van der Waals surface area contributed by atoms with E-state index < -0.39 is 0 Å². The molecule has 0 N–H and O–H groups in total. The molecule has 31 heavy (non-hydrogen) atoms. The van der Waals surface area contributed by atoms with Gasteiger partial charge in [-0.25, -0.2) is 4.98 Å². The minimum absolute atomic E-state index is 0.196. The normalized spacial score (nSPS) is 11.1. The second kappa shape index (κ2) is 9.13. The van der Waals surface area contributed by atoms with Crippen molar-refractivity contribution < 1.29 is 4.74 Å². The highest BCUT2D eigenvalue weighted by atomic mass is 35.5. The van der Waals surface area contributed by atoms with Gasteiger partial charge in [-0.1, -0.05) is 64.8 Å². The van der Waals surface area contributed by atoms with Crippen molar-refractivity contribution in [3.8, 4) is 11.4 Å². The van der Waals surface area contributed by atoms with Crippen molar-refractivity contribution in [2.24, 2.45) is 0 Å². The molecule has 0 saturated heterocycles. The molecule has 0 spiro atoms. The van der Waals surface area contributed by atoms with Crippen LogP contribution in [-0.2, 0) is 5.75 Å². The Hall–Kier alpha value is -2.18. The molecule has 0 amide bonds. The smallest absolute Gasteiger partial charge is 0.266 e. The van der Waals surface area contributed by atoms with Gasteiger partial charge >= 0.3 is 0 Å². The van der Waals surface area contributed by atoms with Crippen LogP contribution in [0.15, 0.2) is 64.5 Å². The molecule has 3 aromatic carbocycles. The third-order valence-electron chi connectivity index (χ3n) is 4.85. The zero-order chi connectivity index (χ0) is 22.1. The van der Waals surface area contributed by atoms with Gasteiger partial charge in [0.2, 0.25) is 0 Å². The van der Waals surface area contributed by atoms with Crippen molar-refractivity contribution in [1.82, 2.24) is 9.55 Å². The van der Waals surface area contributed by atoms with Gasteiger partial charge in [-0.15, -0.1) is 0 Å². The zero-order valence-electron chi connectivity index (χ0n) is 16.7. The molecule has 4 aromatic rings. The van der Waals surface area contributed by atoms with Crippen LogP contribution in [0.1, 0.15) is 11.1 Å². The molecule has 0 unspecified atom stereocenters. The van der Waals surface area contributed by atoms with E-state index in [0.717, 1.165) is 11.1 Å². The van der Waals surface area contributed by atoms with Crippen molar-refractivity contribution in [3.05, 3.63) is 91.1 Å². The van der Waals surface area contributed by atoms with E-state index in [-0.39, 0.29) is 5.56 Å². The summed E-state index contributed by atoms with van der Waals surface area (Å²) in [6.07, 6.45) is 0. The molecule has 0 atom stereocenters. The number of ether oxygens (including phenoxy) is 1. The van der Waals surface area contributed by atoms with Gasteiger partial charge in [-0.05, 0) is 48.4 Å². The van der Waals surface area contributed by atoms with Gasteiger partial charge in [0.15, 0.2) is 5.16 Å². The molecule has 0 aliphatic rings. The molecule has 0 aliphatic heterocycles. The Bertz CT molecular complexity index is 1330. The number of halogens is 3. The first kappa shape index (κ1) is 22.0. The first-order valence-electron chi connectivity index (χ1n) is 9.32. The fourth-order valence-corrected chi connectivity index (χ4v) is 5.12. The molecular weight excluding hydrogens is 475 g/mol. The van der Waals surface area contributed by atoms with E-state index in [9.17, 15) is 4.79 Å². The fourth-order valence-electron chi connectivity index (χ4n) is 3.21. The van der Waals surface area contributed by atoms with E-state index in [1.807, 2.05) is 31.2 Å². The molecule has 0 bridgehead atoms. The van der Waals surface area contributed by atoms with Crippen molar-refractivity contribution in [2.45, 2.75) is 17.8 Å². The number of hydrogen-bond acceptors (Lipinski definition) is 4. The number of methoxy groups -OCH3 is 1. The number of para-hydroxylation sites is 1. The molecule has 0 radical (unpaired) electrons. The molecular formula is C23H17Cl3N2O2S. The molecule has 4 rings (SSSR count). The van der Waals surface area contributed by atoms with Gasteiger partial charge in [0.05, 0.1) is 23.7 Å². The summed E-state index contributed by atoms with van der Waals surface area (Å²) in [5, 5.41) is 2.70. The maximum absolute atomic E-state index is 13.5. The predicted octanol–water partition coefficient (Wildman–Crippen LogP) is 6.96. The number of thioether (sulfide) groups is 1. The van der Waals surface area contributed by atoms with Crippen LogP contribution in [-0.4, -0.2) is 16.7 Å². The van der Waals surface area contributed by atoms with Crippen LogP contribution in [0.4, 0.5) is 0 Å². The Morgan fingerprint density at radius 1 is 1.00 bits per heavy atom. The quantitative estimate of drug-likeness (QED) is 0.224. The Morgan fingerprint density at radius 2 is 1.71 bits per heavy atom. The zero-order valence-corrected chi connectivity index (χ0v) is 19.7. The van der Waals surface area contributed by atoms with E-state index in [1.165, 1.54) is 11.8 Å². The maximum Gasteiger partial charge on any atom is 0.266 e. The topological polar surface area (TPSA) is 44.1 Å². The summed E-state index contributed by atoms with van der Waals surface area (Å²) in [5.41, 5.74) is 2.59. The van der Waals surface area contributed by atoms with Crippen molar-refractivity contribution in [3.63, 3.8) is 0 Å². The summed E-state index contributed by atoms with van der Waals surface area (Å²) in [6.45, 7) is 1.88. The summed E-state index contributed by atoms with van der Waals surface area (Å²) < 4.78 is 7.09. The van der Waals surface area contributed by atoms with E-state index in [2.05, 4.69) is 0 Å². The Kier molecular flexibility index (Phi) is 6.49. The van der Waals surface area contributed by atoms with Gasteiger partial charge in [0.25, 0.3) is 5.56 Å². The van der Waals surface area contributed by atoms with Crippen LogP contribution in [0.2, 0.25) is 15.1 Å². The molecule has 0 saturated carbocycles. The number of rotatable bonds is 5. The minimum atomic E-state index is -0.196. The lowest BCUT2D eigenvalue weighted by Crippen LogP contribution is -2.22. The molecule has 0 fully saturated rings. The van der Waals surface area contributed by atoms with Crippen molar-refractivity contribution in [2.75, 3.05) is 7.11 Å². The first-order valence-corrected chi connectivity index (χ1v) is 11.4. The number of aromatic nitrogens is 2. The first-order chi connectivity index (χ1) is 14.9. The fraction of sp³-hybridized carbons (Fsp3) is 0.130. The molecule has 1 heterocycles. The van der Waals surface area contributed by atoms with Crippen LogP contribution in [0.3, 0.4) is 0 Å². The van der Waals surface area contributed by atoms with Gasteiger partial charge < -0.3 is 4.74 Å². The second-order valence-electron chi connectivity index (χ2n) is 6.81. The lowest BCUT2D eigenvalue weighted by atomic mass is 10.2. The summed E-state index contributed by atoms with van der Waals surface area (Å²) in [6, 6.07) is 16.1. The van der Waals surface area contributed by atoms with Gasteiger partial charge in [-0.3, -0.25) is 9.36 Å². The summed E-state index contributed by atoms with van der Waals surface area (Å²) in [5.74, 6) is 0.922. The number of benzene rings is 3. The van der Waals surface area contributed by atoms with Crippen LogP contribution in [0.5, 0.6) is 5.75 Å². The molecule has 0 aliphatic carbocycles. The van der Waals surface area contributed by atoms with Crippen LogP contribution in [0, 0.1) is 6.92 Å². The summed E-state index contributed by atoms with van der Waals surface area (Å²) in [7, 11) is 1.54. The third kappa shape index (κ3) is 4.28. The van der Waals surface area contributed by atoms with E-state index >= 15 is 0 Å². The summed E-state index contributed by atoms with van der Waals surface area (Å²) in [4.78, 5) is 18.3. The number of fused-ring (bicyclic) bond motifs is 1. The Morgan fingerprint density at radius 3 is 2.42 bits per heavy atom. The highest BCUT2D eigenvalue weighted by Gasteiger charge is 2.19. The largest absolute Gasteiger partial charge is 0.495 e. The van der Waals surface area contributed by atoms with E-state index in [0.29, 0.717) is 48.3 Å². The predicted molar refractivity (Wildman–Crippen MR) is 130 cm³/mol. The lowest BCUT2D eigenvalue weighted by molar-refractivity contribution is 0.411. The highest BCUT2D eigenvalue weighted by molar-refractivity contribution is 7.98. The number of nitrogens with zero attached hydrogens (tertiary/aromatic N) is 2. The van der Waals surface area contributed by atoms with E-state index in [1.54, 1.807) is 42.0 Å². The second-order valence-corrected chi connectivity index (χ2v) is 8.98. The number of aryl methyl sites for hydroxylation is 1. The lowest BCUT2D eigenvalue weighted by Gasteiger charge is -2.17. The van der Waals surface area contributed by atoms with Gasteiger partial charge in [-0.2, -0.15) is 0 Å². The Labute approximate surface area is 198 Å². The Balaban J connectivity index is 1.93. The summed E-state index contributed by atoms with van der Waals surface area (Å²) >= 11 is 20.3. The van der Waals surface area contributed by atoms with E-state index in [4.69, 9.17) is 44.5 Å². The molecule has 1 aromatic heterocycles.